The van der Waals surface area contributed by atoms with Gasteiger partial charge in [-0.1, -0.05) is 13.3 Å². The smallest absolute Gasteiger partial charge is 0.0573 e. The molecule has 0 amide bonds. The SMILES string of the molecule is CCC1C2CC(C2)C[C@@H]1O. The molecule has 0 aromatic carbocycles. The normalized spacial score (nSPS) is 52.2. The number of aliphatic hydroxyl groups excluding tert-OH is 1. The number of fused-ring (bicyclic) bond motifs is 2. The van der Waals surface area contributed by atoms with E-state index in [0.717, 1.165) is 18.3 Å². The second-order valence-electron chi connectivity index (χ2n) is 3.97. The van der Waals surface area contributed by atoms with Crippen LogP contribution in [0.25, 0.3) is 0 Å². The van der Waals surface area contributed by atoms with Gasteiger partial charge in [0.25, 0.3) is 0 Å². The second-order valence-corrected chi connectivity index (χ2v) is 3.97. The minimum Gasteiger partial charge on any atom is -0.393 e. The Morgan fingerprint density at radius 1 is 1.30 bits per heavy atom. The molecule has 1 heteroatoms. The third kappa shape index (κ3) is 0.800. The molecule has 3 saturated carbocycles. The van der Waals surface area contributed by atoms with Gasteiger partial charge >= 0.3 is 0 Å². The zero-order valence-corrected chi connectivity index (χ0v) is 6.59. The van der Waals surface area contributed by atoms with Crippen molar-refractivity contribution in [3.05, 3.63) is 0 Å². The van der Waals surface area contributed by atoms with Crippen molar-refractivity contribution >= 4 is 0 Å². The Balaban J connectivity index is 2.01. The van der Waals surface area contributed by atoms with Gasteiger partial charge in [0.15, 0.2) is 0 Å². The Morgan fingerprint density at radius 2 is 2.00 bits per heavy atom. The fourth-order valence-corrected chi connectivity index (χ4v) is 2.77. The molecular weight excluding hydrogens is 124 g/mol. The average molecular weight is 140 g/mol. The molecule has 0 radical (unpaired) electrons. The standard InChI is InChI=1S/C9H16O/c1-2-8-7-3-6(4-7)5-9(8)10/h6-10H,2-5H2,1H3/t6?,7?,8?,9-/m0/s1. The van der Waals surface area contributed by atoms with E-state index in [2.05, 4.69) is 6.92 Å². The van der Waals surface area contributed by atoms with Crippen LogP contribution >= 0.6 is 0 Å². The zero-order chi connectivity index (χ0) is 7.14. The summed E-state index contributed by atoms with van der Waals surface area (Å²) in [5, 5.41) is 9.57. The first kappa shape index (κ1) is 6.66. The van der Waals surface area contributed by atoms with Crippen LogP contribution in [0.1, 0.15) is 32.6 Å². The highest BCUT2D eigenvalue weighted by Gasteiger charge is 2.43. The van der Waals surface area contributed by atoms with Crippen LogP contribution in [0.5, 0.6) is 0 Å². The summed E-state index contributed by atoms with van der Waals surface area (Å²) in [6.45, 7) is 2.20. The van der Waals surface area contributed by atoms with Crippen LogP contribution < -0.4 is 0 Å². The predicted molar refractivity (Wildman–Crippen MR) is 40.6 cm³/mol. The largest absolute Gasteiger partial charge is 0.393 e. The lowest BCUT2D eigenvalue weighted by Crippen LogP contribution is -2.44. The summed E-state index contributed by atoms with van der Waals surface area (Å²) in [5.41, 5.74) is 0. The van der Waals surface area contributed by atoms with E-state index in [1.54, 1.807) is 0 Å². The van der Waals surface area contributed by atoms with Gasteiger partial charge in [-0.25, -0.2) is 0 Å². The molecule has 2 atom stereocenters. The molecule has 0 aliphatic heterocycles. The van der Waals surface area contributed by atoms with Crippen LogP contribution in [0.4, 0.5) is 0 Å². The van der Waals surface area contributed by atoms with Gasteiger partial charge < -0.3 is 5.11 Å². The Kier molecular flexibility index (Phi) is 1.48. The van der Waals surface area contributed by atoms with Crippen molar-refractivity contribution < 1.29 is 5.11 Å². The van der Waals surface area contributed by atoms with Crippen LogP contribution in [0.15, 0.2) is 0 Å². The summed E-state index contributed by atoms with van der Waals surface area (Å²) in [6.07, 6.45) is 5.14. The van der Waals surface area contributed by atoms with Gasteiger partial charge in [-0.15, -0.1) is 0 Å². The van der Waals surface area contributed by atoms with Crippen molar-refractivity contribution in [1.29, 1.82) is 0 Å². The van der Waals surface area contributed by atoms with Crippen molar-refractivity contribution in [2.24, 2.45) is 17.8 Å². The molecule has 1 nitrogen and oxygen atoms in total. The minimum atomic E-state index is 0.0440. The third-order valence-corrected chi connectivity index (χ3v) is 3.42. The van der Waals surface area contributed by atoms with E-state index in [0.29, 0.717) is 5.92 Å². The molecule has 0 aromatic heterocycles. The van der Waals surface area contributed by atoms with E-state index in [9.17, 15) is 5.11 Å². The topological polar surface area (TPSA) is 20.2 Å². The summed E-state index contributed by atoms with van der Waals surface area (Å²) in [5.74, 6) is 2.42. The monoisotopic (exact) mass is 140 g/mol. The Bertz CT molecular complexity index is 125. The summed E-state index contributed by atoms with van der Waals surface area (Å²) >= 11 is 0. The summed E-state index contributed by atoms with van der Waals surface area (Å²) in [7, 11) is 0. The molecule has 3 rings (SSSR count). The van der Waals surface area contributed by atoms with Crippen LogP contribution in [0.3, 0.4) is 0 Å². The molecule has 3 fully saturated rings. The van der Waals surface area contributed by atoms with E-state index < -0.39 is 0 Å². The summed E-state index contributed by atoms with van der Waals surface area (Å²) < 4.78 is 0. The highest BCUT2D eigenvalue weighted by atomic mass is 16.3. The molecule has 0 spiro atoms. The van der Waals surface area contributed by atoms with Gasteiger partial charge in [0.2, 0.25) is 0 Å². The minimum absolute atomic E-state index is 0.0440. The van der Waals surface area contributed by atoms with Crippen molar-refractivity contribution in [2.45, 2.75) is 38.7 Å². The van der Waals surface area contributed by atoms with Crippen LogP contribution in [-0.2, 0) is 0 Å². The van der Waals surface area contributed by atoms with Crippen molar-refractivity contribution in [1.82, 2.24) is 0 Å². The van der Waals surface area contributed by atoms with Gasteiger partial charge in [-0.05, 0) is 37.0 Å². The van der Waals surface area contributed by atoms with Crippen LogP contribution in [-0.4, -0.2) is 11.2 Å². The molecule has 2 bridgehead atoms. The fourth-order valence-electron chi connectivity index (χ4n) is 2.77. The van der Waals surface area contributed by atoms with Gasteiger partial charge in [0.05, 0.1) is 6.10 Å². The maximum absolute atomic E-state index is 9.57. The molecule has 58 valence electrons. The molecular formula is C9H16O. The maximum atomic E-state index is 9.57. The van der Waals surface area contributed by atoms with Gasteiger partial charge in [-0.2, -0.15) is 0 Å². The molecule has 10 heavy (non-hydrogen) atoms. The second kappa shape index (κ2) is 2.23. The van der Waals surface area contributed by atoms with E-state index in [-0.39, 0.29) is 6.10 Å². The first-order valence-corrected chi connectivity index (χ1v) is 4.49. The van der Waals surface area contributed by atoms with Crippen LogP contribution in [0, 0.1) is 17.8 Å². The molecule has 3 aliphatic carbocycles. The zero-order valence-electron chi connectivity index (χ0n) is 6.59. The molecule has 0 heterocycles. The lowest BCUT2D eigenvalue weighted by Gasteiger charge is -2.49. The van der Waals surface area contributed by atoms with Crippen molar-refractivity contribution in [3.8, 4) is 0 Å². The Morgan fingerprint density at radius 3 is 2.40 bits per heavy atom. The highest BCUT2D eigenvalue weighted by molar-refractivity contribution is 4.94. The van der Waals surface area contributed by atoms with Gasteiger partial charge in [0, 0.05) is 0 Å². The number of hydrogen-bond donors (Lipinski definition) is 1. The van der Waals surface area contributed by atoms with E-state index >= 15 is 0 Å². The first-order chi connectivity index (χ1) is 4.81. The summed E-state index contributed by atoms with van der Waals surface area (Å²) in [6, 6.07) is 0. The van der Waals surface area contributed by atoms with Gasteiger partial charge in [-0.3, -0.25) is 0 Å². The molecule has 3 aliphatic rings. The highest BCUT2D eigenvalue weighted by Crippen LogP contribution is 2.49. The molecule has 1 N–H and O–H groups in total. The van der Waals surface area contributed by atoms with E-state index in [1.807, 2.05) is 0 Å². The molecule has 0 saturated heterocycles. The Hall–Kier alpha value is -0.0400. The quantitative estimate of drug-likeness (QED) is 0.589. The third-order valence-electron chi connectivity index (χ3n) is 3.42. The van der Waals surface area contributed by atoms with E-state index in [1.165, 1.54) is 19.3 Å². The number of hydrogen-bond acceptors (Lipinski definition) is 1. The number of rotatable bonds is 1. The first-order valence-electron chi connectivity index (χ1n) is 4.49. The summed E-state index contributed by atoms with van der Waals surface area (Å²) in [4.78, 5) is 0. The molecule has 0 aromatic rings. The lowest BCUT2D eigenvalue weighted by atomic mass is 9.58. The fraction of sp³-hybridized carbons (Fsp3) is 1.00. The maximum Gasteiger partial charge on any atom is 0.0573 e. The van der Waals surface area contributed by atoms with Gasteiger partial charge in [0.1, 0.15) is 0 Å². The lowest BCUT2D eigenvalue weighted by molar-refractivity contribution is -0.0622. The van der Waals surface area contributed by atoms with E-state index in [4.69, 9.17) is 0 Å². The predicted octanol–water partition coefficient (Wildman–Crippen LogP) is 1.80. The average Bonchev–Trinajstić information content (AvgIpc) is 1.85. The van der Waals surface area contributed by atoms with Crippen molar-refractivity contribution in [3.63, 3.8) is 0 Å². The van der Waals surface area contributed by atoms with Crippen LogP contribution in [0.2, 0.25) is 0 Å². The van der Waals surface area contributed by atoms with Crippen molar-refractivity contribution in [2.75, 3.05) is 0 Å². The number of aliphatic hydroxyl groups is 1. The molecule has 1 unspecified atom stereocenters. The Labute approximate surface area is 62.4 Å².